The first-order valence-electron chi connectivity index (χ1n) is 39.4. The number of phosphoric ester groups is 2. The van der Waals surface area contributed by atoms with Crippen molar-refractivity contribution in [3.63, 3.8) is 0 Å². The van der Waals surface area contributed by atoms with Gasteiger partial charge in [0.25, 0.3) is 15.6 Å². The zero-order valence-corrected chi connectivity index (χ0v) is 68.8. The molecule has 21 heteroatoms. The van der Waals surface area contributed by atoms with Gasteiger partial charge in [-0.25, -0.2) is 0 Å². The van der Waals surface area contributed by atoms with Gasteiger partial charge in [-0.2, -0.15) is 0 Å². The predicted octanol–water partition coefficient (Wildman–Crippen LogP) is 14.6. The molecule has 1 aliphatic rings. The van der Waals surface area contributed by atoms with Crippen molar-refractivity contribution in [2.75, 3.05) is 39.6 Å². The maximum Gasteiger partial charge on any atom is 1.00 e. The van der Waals surface area contributed by atoms with Crippen LogP contribution in [0.25, 0.3) is 0 Å². The van der Waals surface area contributed by atoms with Crippen molar-refractivity contribution < 1.29 is 139 Å². The number of hydrogen-bond acceptors (Lipinski definition) is 17. The third kappa shape index (κ3) is 68.7. The Kier molecular flexibility index (Phi) is 72.8. The van der Waals surface area contributed by atoms with Crippen molar-refractivity contribution in [2.45, 2.75) is 399 Å². The third-order valence-corrected chi connectivity index (χ3v) is 20.1. The molecular formula is C76H142Na2O17P2. The van der Waals surface area contributed by atoms with Crippen LogP contribution in [-0.2, 0) is 65.4 Å². The quantitative estimate of drug-likeness (QED) is 0.0149. The van der Waals surface area contributed by atoms with E-state index in [0.717, 1.165) is 115 Å². The fraction of sp³-hybridized carbons (Fsp3) is 0.921. The molecule has 1 saturated carbocycles. The van der Waals surface area contributed by atoms with Gasteiger partial charge in [0.05, 0.1) is 26.4 Å². The molecule has 17 nitrogen and oxygen atoms in total. The maximum absolute atomic E-state index is 13.0. The van der Waals surface area contributed by atoms with Gasteiger partial charge in [0.15, 0.2) is 12.2 Å². The zero-order chi connectivity index (χ0) is 69.4. The summed E-state index contributed by atoms with van der Waals surface area (Å²) in [6.07, 6.45) is 59.0. The van der Waals surface area contributed by atoms with Crippen molar-refractivity contribution in [2.24, 2.45) is 11.8 Å². The van der Waals surface area contributed by atoms with Gasteiger partial charge < -0.3 is 51.9 Å². The molecule has 0 aromatic heterocycles. The van der Waals surface area contributed by atoms with Gasteiger partial charge in [0, 0.05) is 25.7 Å². The van der Waals surface area contributed by atoms with Crippen LogP contribution in [0.5, 0.6) is 0 Å². The fourth-order valence-corrected chi connectivity index (χ4v) is 13.6. The largest absolute Gasteiger partial charge is 1.00 e. The van der Waals surface area contributed by atoms with E-state index in [2.05, 4.69) is 39.8 Å². The number of carbonyl (C=O) groups is 4. The Morgan fingerprint density at radius 1 is 0.351 bits per heavy atom. The summed E-state index contributed by atoms with van der Waals surface area (Å²) in [6, 6.07) is 0. The fourth-order valence-electron chi connectivity index (χ4n) is 12.0. The number of carbonyl (C=O) groups excluding carboxylic acids is 4. The van der Waals surface area contributed by atoms with Gasteiger partial charge in [-0.15, -0.1) is 0 Å². The topological polar surface area (TPSA) is 243 Å². The number of esters is 4. The Morgan fingerprint density at radius 3 is 0.876 bits per heavy atom. The second kappa shape index (κ2) is 71.4. The van der Waals surface area contributed by atoms with Crippen molar-refractivity contribution >= 4 is 39.5 Å². The molecule has 0 amide bonds. The summed E-state index contributed by atoms with van der Waals surface area (Å²) in [5, 5.41) is 10.6. The van der Waals surface area contributed by atoms with Crippen LogP contribution in [0.3, 0.4) is 0 Å². The molecule has 7 atom stereocenters. The minimum absolute atomic E-state index is 0. The van der Waals surface area contributed by atoms with Crippen molar-refractivity contribution in [3.05, 3.63) is 12.2 Å². The molecule has 1 fully saturated rings. The van der Waals surface area contributed by atoms with Gasteiger partial charge in [-0.05, 0) is 69.6 Å². The van der Waals surface area contributed by atoms with Crippen molar-refractivity contribution in [1.82, 2.24) is 0 Å². The molecule has 0 aliphatic heterocycles. The van der Waals surface area contributed by atoms with Crippen LogP contribution in [0.15, 0.2) is 12.2 Å². The first kappa shape index (κ1) is 98.9. The molecule has 5 unspecified atom stereocenters. The Hall–Kier alpha value is -0.200. The molecule has 560 valence electrons. The Labute approximate surface area is 636 Å². The van der Waals surface area contributed by atoms with Crippen LogP contribution in [-0.4, -0.2) is 86.9 Å². The summed E-state index contributed by atoms with van der Waals surface area (Å²) < 4.78 is 67.7. The molecule has 0 saturated heterocycles. The van der Waals surface area contributed by atoms with E-state index >= 15 is 0 Å². The average Bonchev–Trinajstić information content (AvgIpc) is 1.72. The molecule has 1 rings (SSSR count). The van der Waals surface area contributed by atoms with Crippen LogP contribution in [0.1, 0.15) is 381 Å². The molecule has 0 bridgehead atoms. The third-order valence-electron chi connectivity index (χ3n) is 18.2. The number of allylic oxidation sites excluding steroid dienone is 2. The Morgan fingerprint density at radius 2 is 0.588 bits per heavy atom. The standard InChI is InChI=1S/C76H144O17P2.2Na/c1-5-9-13-17-20-23-26-29-30-32-34-37-40-46-52-58-73(78)86-64-71(92-75(80)59-53-47-41-38-35-31-27-24-21-18-14-10-6-2)66-90-94(82,83)88-62-70(77)63-89-95(84,85)91-67-72(65-87-74(79)57-51-45-39-36-33-28-25-22-19-15-11-7-3)93-76(81)60-54-48-42-44-50-56-69-61-68(69)55-49-43-16-12-8-4;;/h29-30,68-72,77H,5-28,31-67H2,1-4H3,(H,82,83)(H,84,85);;/q;2*+1/p-2/b30-29+;;/t68?,69?,70?,71-,72-;;/m1../s1. The second-order valence-electron chi connectivity index (χ2n) is 27.6. The molecule has 0 radical (unpaired) electrons. The number of phosphoric acid groups is 2. The Balaban J connectivity index is 0. The molecule has 0 aromatic carbocycles. The molecule has 1 N–H and O–H groups in total. The normalized spacial score (nSPS) is 15.8. The minimum atomic E-state index is -5.22. The predicted molar refractivity (Wildman–Crippen MR) is 379 cm³/mol. The van der Waals surface area contributed by atoms with Crippen molar-refractivity contribution in [1.29, 1.82) is 0 Å². The van der Waals surface area contributed by atoms with E-state index < -0.39 is 97.5 Å². The van der Waals surface area contributed by atoms with Crippen molar-refractivity contribution in [3.8, 4) is 0 Å². The molecule has 97 heavy (non-hydrogen) atoms. The summed E-state index contributed by atoms with van der Waals surface area (Å²) >= 11 is 0. The van der Waals surface area contributed by atoms with E-state index in [1.807, 2.05) is 0 Å². The molecular weight excluding hydrogens is 1290 g/mol. The van der Waals surface area contributed by atoms with E-state index in [-0.39, 0.29) is 84.8 Å². The number of aliphatic hydroxyl groups is 1. The van der Waals surface area contributed by atoms with Crippen LogP contribution in [0.2, 0.25) is 0 Å². The SMILES string of the molecule is CCCCCCCC/C=C/CCCCCCCC(=O)OC[C@H](COP(=O)([O-])OCC(O)COP(=O)([O-])OC[C@@H](COC(=O)CCCCCCCCCCCCCC)OC(=O)CCCCCCCC1CC1CCCCCCC)OC(=O)CCCCCCCCCCCCCCC.[Na+].[Na+]. The zero-order valence-electron chi connectivity index (χ0n) is 63.0. The van der Waals surface area contributed by atoms with E-state index in [1.165, 1.54) is 199 Å². The first-order chi connectivity index (χ1) is 46.1. The molecule has 0 aromatic rings. The average molecular weight is 1440 g/mol. The van der Waals surface area contributed by atoms with Gasteiger partial charge in [0.2, 0.25) is 0 Å². The van der Waals surface area contributed by atoms with Crippen LogP contribution in [0, 0.1) is 11.8 Å². The van der Waals surface area contributed by atoms with Gasteiger partial charge in [-0.3, -0.25) is 28.3 Å². The van der Waals surface area contributed by atoms with Crippen LogP contribution < -0.4 is 68.9 Å². The van der Waals surface area contributed by atoms with E-state index in [1.54, 1.807) is 0 Å². The van der Waals surface area contributed by atoms with E-state index in [4.69, 9.17) is 37.0 Å². The number of unbranched alkanes of at least 4 members (excludes halogenated alkanes) is 42. The summed E-state index contributed by atoms with van der Waals surface area (Å²) in [5.74, 6) is -0.446. The number of rotatable bonds is 74. The van der Waals surface area contributed by atoms with E-state index in [0.29, 0.717) is 25.7 Å². The van der Waals surface area contributed by atoms with Gasteiger partial charge in [-0.1, -0.05) is 310 Å². The first-order valence-corrected chi connectivity index (χ1v) is 42.3. The summed E-state index contributed by atoms with van der Waals surface area (Å²) in [7, 11) is -10.4. The van der Waals surface area contributed by atoms with E-state index in [9.17, 15) is 43.2 Å². The molecule has 0 heterocycles. The van der Waals surface area contributed by atoms with Gasteiger partial charge >= 0.3 is 83.0 Å². The second-order valence-corrected chi connectivity index (χ2v) is 30.4. The summed E-state index contributed by atoms with van der Waals surface area (Å²) in [6.45, 7) is 4.57. The number of aliphatic hydroxyl groups excluding tert-OH is 1. The number of hydrogen-bond donors (Lipinski definition) is 1. The summed E-state index contributed by atoms with van der Waals surface area (Å²) in [4.78, 5) is 77.5. The molecule has 0 spiro atoms. The maximum atomic E-state index is 13.0. The monoisotopic (exact) mass is 1430 g/mol. The smallest absolute Gasteiger partial charge is 0.756 e. The van der Waals surface area contributed by atoms with Crippen LogP contribution >= 0.6 is 15.6 Å². The Bertz CT molecular complexity index is 1940. The van der Waals surface area contributed by atoms with Crippen LogP contribution in [0.4, 0.5) is 0 Å². The van der Waals surface area contributed by atoms with Gasteiger partial charge in [0.1, 0.15) is 19.3 Å². The minimum Gasteiger partial charge on any atom is -0.756 e. The summed E-state index contributed by atoms with van der Waals surface area (Å²) in [5.41, 5.74) is 0. The molecule has 1 aliphatic carbocycles. The number of ether oxygens (including phenoxy) is 4.